The van der Waals surface area contributed by atoms with E-state index in [4.69, 9.17) is 0 Å². The number of hydrogen-bond donors (Lipinski definition) is 2. The van der Waals surface area contributed by atoms with Crippen LogP contribution in [0.3, 0.4) is 0 Å². The summed E-state index contributed by atoms with van der Waals surface area (Å²) in [6.45, 7) is 2.23. The highest BCUT2D eigenvalue weighted by Crippen LogP contribution is 2.27. The molecule has 0 radical (unpaired) electrons. The largest absolute Gasteiger partial charge is 0.507 e. The summed E-state index contributed by atoms with van der Waals surface area (Å²) in [4.78, 5) is 12.2. The van der Waals surface area contributed by atoms with Crippen molar-refractivity contribution in [3.63, 3.8) is 0 Å². The van der Waals surface area contributed by atoms with Gasteiger partial charge in [-0.25, -0.2) is 0 Å². The van der Waals surface area contributed by atoms with E-state index in [1.165, 1.54) is 19.3 Å². The maximum atomic E-state index is 12.2. The molecule has 1 aliphatic rings. The van der Waals surface area contributed by atoms with Crippen LogP contribution < -0.4 is 5.32 Å². The van der Waals surface area contributed by atoms with E-state index in [-0.39, 0.29) is 17.7 Å². The molecule has 0 aromatic heterocycles. The van der Waals surface area contributed by atoms with Crippen molar-refractivity contribution in [2.75, 3.05) is 0 Å². The molecule has 0 unspecified atom stereocenters. The summed E-state index contributed by atoms with van der Waals surface area (Å²) >= 11 is 2.14. The molecule has 1 fully saturated rings. The van der Waals surface area contributed by atoms with Crippen LogP contribution in [0, 0.1) is 9.49 Å². The highest BCUT2D eigenvalue weighted by molar-refractivity contribution is 14.1. The van der Waals surface area contributed by atoms with Gasteiger partial charge in [-0.15, -0.1) is 0 Å². The molecule has 104 valence electrons. The Morgan fingerprint density at radius 2 is 2.05 bits per heavy atom. The van der Waals surface area contributed by atoms with Crippen molar-refractivity contribution >= 4 is 28.5 Å². The average molecular weight is 373 g/mol. The van der Waals surface area contributed by atoms with Gasteiger partial charge < -0.3 is 10.4 Å². The van der Waals surface area contributed by atoms with Gasteiger partial charge in [0.15, 0.2) is 0 Å². The van der Waals surface area contributed by atoms with Gasteiger partial charge in [-0.1, -0.05) is 13.3 Å². The Kier molecular flexibility index (Phi) is 5.07. The van der Waals surface area contributed by atoms with Crippen LogP contribution in [0.2, 0.25) is 0 Å². The predicted octanol–water partition coefficient (Wildman–Crippen LogP) is 3.70. The van der Waals surface area contributed by atoms with Crippen LogP contribution >= 0.6 is 22.6 Å². The summed E-state index contributed by atoms with van der Waals surface area (Å²) < 4.78 is 0.954. The number of aromatic hydroxyl groups is 1. The zero-order valence-electron chi connectivity index (χ0n) is 11.2. The smallest absolute Gasteiger partial charge is 0.255 e. The Bertz CT molecular complexity index is 453. The first-order valence-corrected chi connectivity index (χ1v) is 7.97. The van der Waals surface area contributed by atoms with Gasteiger partial charge in [0, 0.05) is 9.61 Å². The highest BCUT2D eigenvalue weighted by atomic mass is 127. The fourth-order valence-electron chi connectivity index (χ4n) is 2.67. The molecule has 0 aliphatic heterocycles. The number of phenolic OH excluding ortho intramolecular Hbond substituents is 1. The quantitative estimate of drug-likeness (QED) is 0.794. The van der Waals surface area contributed by atoms with Crippen molar-refractivity contribution in [2.45, 2.75) is 45.1 Å². The van der Waals surface area contributed by atoms with Crippen LogP contribution in [-0.2, 0) is 0 Å². The summed E-state index contributed by atoms with van der Waals surface area (Å²) in [6.07, 6.45) is 5.72. The van der Waals surface area contributed by atoms with Crippen molar-refractivity contribution in [2.24, 2.45) is 5.92 Å². The second-order valence-electron chi connectivity index (χ2n) is 5.26. The third-order valence-corrected chi connectivity index (χ3v) is 4.63. The average Bonchev–Trinajstić information content (AvgIpc) is 2.42. The molecule has 1 aromatic rings. The van der Waals surface area contributed by atoms with Crippen LogP contribution in [0.4, 0.5) is 0 Å². The molecule has 0 bridgehead atoms. The Labute approximate surface area is 127 Å². The molecular weight excluding hydrogens is 353 g/mol. The lowest BCUT2D eigenvalue weighted by molar-refractivity contribution is 0.0919. The van der Waals surface area contributed by atoms with Gasteiger partial charge in [0.25, 0.3) is 5.91 Å². The summed E-state index contributed by atoms with van der Waals surface area (Å²) in [5.74, 6) is 0.718. The SMILES string of the molecule is CCC1CCC(NC(=O)c2cc(I)ccc2O)CC1. The lowest BCUT2D eigenvalue weighted by Crippen LogP contribution is -2.37. The monoisotopic (exact) mass is 373 g/mol. The fraction of sp³-hybridized carbons (Fsp3) is 0.533. The lowest BCUT2D eigenvalue weighted by atomic mass is 9.84. The van der Waals surface area contributed by atoms with Gasteiger partial charge in [0.05, 0.1) is 5.56 Å². The van der Waals surface area contributed by atoms with E-state index in [2.05, 4.69) is 34.8 Å². The molecule has 0 saturated heterocycles. The Morgan fingerprint density at radius 1 is 1.37 bits per heavy atom. The van der Waals surface area contributed by atoms with E-state index in [0.29, 0.717) is 5.56 Å². The number of rotatable bonds is 3. The molecule has 1 aliphatic carbocycles. The summed E-state index contributed by atoms with van der Waals surface area (Å²) in [6, 6.07) is 5.35. The van der Waals surface area contributed by atoms with Gasteiger partial charge in [-0.2, -0.15) is 0 Å². The maximum Gasteiger partial charge on any atom is 0.255 e. The van der Waals surface area contributed by atoms with Crippen LogP contribution in [0.25, 0.3) is 0 Å². The first kappa shape index (κ1) is 14.6. The van der Waals surface area contributed by atoms with Crippen LogP contribution in [0.5, 0.6) is 5.75 Å². The molecule has 19 heavy (non-hydrogen) atoms. The fourth-order valence-corrected chi connectivity index (χ4v) is 3.16. The number of carbonyl (C=O) groups is 1. The first-order chi connectivity index (χ1) is 9.10. The van der Waals surface area contributed by atoms with E-state index < -0.39 is 0 Å². The van der Waals surface area contributed by atoms with Gasteiger partial charge in [0.1, 0.15) is 5.75 Å². The Balaban J connectivity index is 1.96. The first-order valence-electron chi connectivity index (χ1n) is 6.89. The van der Waals surface area contributed by atoms with Crippen molar-refractivity contribution in [1.82, 2.24) is 5.32 Å². The number of nitrogens with one attached hydrogen (secondary N) is 1. The molecule has 0 spiro atoms. The molecular formula is C15H20INO2. The number of benzene rings is 1. The lowest BCUT2D eigenvalue weighted by Gasteiger charge is -2.28. The van der Waals surface area contributed by atoms with E-state index >= 15 is 0 Å². The van der Waals surface area contributed by atoms with Gasteiger partial charge >= 0.3 is 0 Å². The molecule has 0 atom stereocenters. The number of carbonyl (C=O) groups excluding carboxylic acids is 1. The Hall–Kier alpha value is -0.780. The summed E-state index contributed by atoms with van der Waals surface area (Å²) in [7, 11) is 0. The van der Waals surface area contributed by atoms with E-state index in [1.54, 1.807) is 18.2 Å². The number of halogens is 1. The molecule has 4 heteroatoms. The maximum absolute atomic E-state index is 12.2. The molecule has 2 rings (SSSR count). The molecule has 1 aromatic carbocycles. The minimum absolute atomic E-state index is 0.0557. The standard InChI is InChI=1S/C15H20INO2/c1-2-10-3-6-12(7-4-10)17-15(19)13-9-11(16)5-8-14(13)18/h5,8-10,12,18H,2-4,6-7H2,1H3,(H,17,19). The predicted molar refractivity (Wildman–Crippen MR) is 84.3 cm³/mol. The van der Waals surface area contributed by atoms with Gasteiger partial charge in [-0.3, -0.25) is 4.79 Å². The zero-order valence-corrected chi connectivity index (χ0v) is 13.3. The van der Waals surface area contributed by atoms with E-state index in [0.717, 1.165) is 22.3 Å². The van der Waals surface area contributed by atoms with Crippen LogP contribution in [-0.4, -0.2) is 17.1 Å². The van der Waals surface area contributed by atoms with Crippen molar-refractivity contribution in [3.05, 3.63) is 27.3 Å². The molecule has 2 N–H and O–H groups in total. The van der Waals surface area contributed by atoms with Gasteiger partial charge in [-0.05, 0) is 72.4 Å². The van der Waals surface area contributed by atoms with Crippen molar-refractivity contribution in [1.29, 1.82) is 0 Å². The highest BCUT2D eigenvalue weighted by Gasteiger charge is 2.22. The second-order valence-corrected chi connectivity index (χ2v) is 6.51. The summed E-state index contributed by atoms with van der Waals surface area (Å²) in [5.41, 5.74) is 0.379. The van der Waals surface area contributed by atoms with Crippen LogP contribution in [0.15, 0.2) is 18.2 Å². The molecule has 0 heterocycles. The molecule has 1 saturated carbocycles. The Morgan fingerprint density at radius 3 is 2.68 bits per heavy atom. The normalized spacial score (nSPS) is 23.1. The third kappa shape index (κ3) is 3.84. The van der Waals surface area contributed by atoms with Gasteiger partial charge in [0.2, 0.25) is 0 Å². The molecule has 3 nitrogen and oxygen atoms in total. The van der Waals surface area contributed by atoms with E-state index in [9.17, 15) is 9.90 Å². The number of phenols is 1. The second kappa shape index (κ2) is 6.59. The minimum Gasteiger partial charge on any atom is -0.507 e. The summed E-state index contributed by atoms with van der Waals surface area (Å²) in [5, 5.41) is 12.8. The van der Waals surface area contributed by atoms with Crippen molar-refractivity contribution in [3.8, 4) is 5.75 Å². The minimum atomic E-state index is -0.157. The number of amides is 1. The third-order valence-electron chi connectivity index (χ3n) is 3.96. The number of hydrogen-bond acceptors (Lipinski definition) is 2. The molecule has 1 amide bonds. The van der Waals surface area contributed by atoms with E-state index in [1.807, 2.05) is 0 Å². The topological polar surface area (TPSA) is 49.3 Å². The zero-order chi connectivity index (χ0) is 13.8. The van der Waals surface area contributed by atoms with Crippen LogP contribution in [0.1, 0.15) is 49.4 Å². The van der Waals surface area contributed by atoms with Crippen molar-refractivity contribution < 1.29 is 9.90 Å².